The van der Waals surface area contributed by atoms with Crippen molar-refractivity contribution in [1.82, 2.24) is 0 Å². The van der Waals surface area contributed by atoms with Crippen molar-refractivity contribution < 1.29 is 42.2 Å². The summed E-state index contributed by atoms with van der Waals surface area (Å²) < 4.78 is 10.2. The van der Waals surface area contributed by atoms with E-state index in [0.29, 0.717) is 22.6 Å². The molecule has 0 saturated heterocycles. The maximum Gasteiger partial charge on any atom is 2.00 e. The second-order valence-electron chi connectivity index (χ2n) is 6.73. The van der Waals surface area contributed by atoms with E-state index in [1.807, 2.05) is 0 Å². The molecular formula is C22H26CuN2O5. The first-order valence-electron chi connectivity index (χ1n) is 9.38. The molecule has 1 radical (unpaired) electrons. The van der Waals surface area contributed by atoms with E-state index in [4.69, 9.17) is 9.47 Å². The van der Waals surface area contributed by atoms with Crippen LogP contribution in [-0.4, -0.2) is 44.2 Å². The Kier molecular flexibility index (Phi) is 10.4. The first kappa shape index (κ1) is 25.5. The van der Waals surface area contributed by atoms with Gasteiger partial charge in [0.2, 0.25) is 0 Å². The molecule has 0 aromatic heterocycles. The smallest absolute Gasteiger partial charge is 0.870 e. The zero-order valence-corrected chi connectivity index (χ0v) is 17.9. The average Bonchev–Trinajstić information content (AvgIpc) is 2.73. The van der Waals surface area contributed by atoms with E-state index >= 15 is 0 Å². The predicted molar refractivity (Wildman–Crippen MR) is 110 cm³/mol. The fourth-order valence-corrected chi connectivity index (χ4v) is 3.38. The molecule has 1 fully saturated rings. The molecule has 8 heteroatoms. The summed E-state index contributed by atoms with van der Waals surface area (Å²) in [5.41, 5.74) is 1.00. The Labute approximate surface area is 187 Å². The van der Waals surface area contributed by atoms with E-state index in [-0.39, 0.29) is 46.1 Å². The Bertz CT molecular complexity index is 801. The minimum absolute atomic E-state index is 0. The molecular weight excluding hydrogens is 436 g/mol. The third-order valence-corrected chi connectivity index (χ3v) is 4.96. The zero-order chi connectivity index (χ0) is 19.9. The number of nitrogens with zero attached hydrogens (tertiary/aromatic N) is 2. The standard InChI is InChI=1S/C22H26N2O4.Cu.H2O/c1-27-19-11-5-7-15(21(19)25)13-23-17-9-3-4-10-18(17)24-14-16-8-6-12-20(28-2)22(16)26;;/h5-8,11-14,17-18,25-26H,3-4,9-10H2,1-2H3;;1H2/q;+2;/p-2/t17-,18+;;. The zero-order valence-electron chi connectivity index (χ0n) is 16.9. The summed E-state index contributed by atoms with van der Waals surface area (Å²) in [6.45, 7) is 0. The summed E-state index contributed by atoms with van der Waals surface area (Å²) in [7, 11) is 2.96. The molecule has 0 aliphatic heterocycles. The van der Waals surface area contributed by atoms with Crippen LogP contribution in [0.25, 0.3) is 0 Å². The van der Waals surface area contributed by atoms with Crippen LogP contribution in [0.3, 0.4) is 0 Å². The maximum absolute atomic E-state index is 12.3. The molecule has 1 saturated carbocycles. The minimum atomic E-state index is -0.169. The summed E-state index contributed by atoms with van der Waals surface area (Å²) in [6, 6.07) is 10.3. The molecule has 0 amide bonds. The van der Waals surface area contributed by atoms with E-state index in [2.05, 4.69) is 9.98 Å². The number of para-hydroxylation sites is 2. The summed E-state index contributed by atoms with van der Waals surface area (Å²) in [5, 5.41) is 24.5. The summed E-state index contributed by atoms with van der Waals surface area (Å²) in [5.74, 6) is 0.278. The molecule has 0 spiro atoms. The molecule has 2 atom stereocenters. The Morgan fingerprint density at radius 2 is 1.20 bits per heavy atom. The van der Waals surface area contributed by atoms with Crippen molar-refractivity contribution in [3.63, 3.8) is 0 Å². The molecule has 3 rings (SSSR count). The van der Waals surface area contributed by atoms with Crippen LogP contribution in [0.5, 0.6) is 23.0 Å². The van der Waals surface area contributed by atoms with Crippen LogP contribution in [0.2, 0.25) is 0 Å². The molecule has 0 bridgehead atoms. The predicted octanol–water partition coefficient (Wildman–Crippen LogP) is 1.87. The van der Waals surface area contributed by atoms with Crippen LogP contribution in [0.1, 0.15) is 36.8 Å². The normalized spacial score (nSPS) is 18.6. The largest absolute Gasteiger partial charge is 2.00 e. The van der Waals surface area contributed by atoms with Gasteiger partial charge in [-0.25, -0.2) is 0 Å². The topological polar surface area (TPSA) is 121 Å². The van der Waals surface area contributed by atoms with Gasteiger partial charge < -0.3 is 25.2 Å². The summed E-state index contributed by atoms with van der Waals surface area (Å²) in [4.78, 5) is 9.28. The van der Waals surface area contributed by atoms with Crippen LogP contribution >= 0.6 is 0 Å². The fraction of sp³-hybridized carbons (Fsp3) is 0.364. The van der Waals surface area contributed by atoms with Crippen molar-refractivity contribution in [3.8, 4) is 23.0 Å². The molecule has 2 N–H and O–H groups in total. The van der Waals surface area contributed by atoms with E-state index in [1.165, 1.54) is 14.2 Å². The van der Waals surface area contributed by atoms with Gasteiger partial charge in [0.25, 0.3) is 0 Å². The van der Waals surface area contributed by atoms with Gasteiger partial charge >= 0.3 is 17.1 Å². The molecule has 7 nitrogen and oxygen atoms in total. The first-order valence-corrected chi connectivity index (χ1v) is 9.38. The molecule has 0 heterocycles. The van der Waals surface area contributed by atoms with Crippen molar-refractivity contribution in [3.05, 3.63) is 47.5 Å². The molecule has 30 heavy (non-hydrogen) atoms. The number of benzene rings is 2. The van der Waals surface area contributed by atoms with E-state index in [9.17, 15) is 10.2 Å². The molecule has 1 aliphatic rings. The number of hydrogen-bond acceptors (Lipinski definition) is 6. The van der Waals surface area contributed by atoms with Gasteiger partial charge in [-0.1, -0.05) is 48.6 Å². The SMILES string of the molecule is COc1cccc(C=N[C@H]2CCCC[C@H]2N=Cc2cccc(OC)c2[O-])c1[O-].O.[Cu+2]. The summed E-state index contributed by atoms with van der Waals surface area (Å²) >= 11 is 0. The first-order chi connectivity index (χ1) is 13.6. The number of hydrogen-bond donors (Lipinski definition) is 0. The quantitative estimate of drug-likeness (QED) is 0.481. The van der Waals surface area contributed by atoms with Gasteiger partial charge in [-0.3, -0.25) is 9.98 Å². The summed E-state index contributed by atoms with van der Waals surface area (Å²) in [6.07, 6.45) is 7.19. The van der Waals surface area contributed by atoms with Gasteiger partial charge in [-0.15, -0.1) is 0 Å². The number of aliphatic imine (C=N–C) groups is 2. The van der Waals surface area contributed by atoms with Crippen molar-refractivity contribution in [2.45, 2.75) is 37.8 Å². The van der Waals surface area contributed by atoms with Crippen LogP contribution in [0.15, 0.2) is 46.4 Å². The van der Waals surface area contributed by atoms with Gasteiger partial charge in [0.05, 0.1) is 26.3 Å². The van der Waals surface area contributed by atoms with E-state index in [0.717, 1.165) is 25.7 Å². The van der Waals surface area contributed by atoms with Crippen molar-refractivity contribution in [1.29, 1.82) is 0 Å². The maximum atomic E-state index is 12.3. The van der Waals surface area contributed by atoms with Gasteiger partial charge in [-0.2, -0.15) is 0 Å². The number of ether oxygens (including phenoxy) is 2. The molecule has 2 aromatic carbocycles. The van der Waals surface area contributed by atoms with Crippen LogP contribution < -0.4 is 19.7 Å². The van der Waals surface area contributed by atoms with Gasteiger partial charge in [-0.05, 0) is 36.1 Å². The van der Waals surface area contributed by atoms with Crippen molar-refractivity contribution >= 4 is 12.4 Å². The Balaban J connectivity index is 0.00000225. The third-order valence-electron chi connectivity index (χ3n) is 4.96. The van der Waals surface area contributed by atoms with Crippen molar-refractivity contribution in [2.24, 2.45) is 9.98 Å². The fourth-order valence-electron chi connectivity index (χ4n) is 3.38. The Hall–Kier alpha value is -2.54. The van der Waals surface area contributed by atoms with Gasteiger partial charge in [0.15, 0.2) is 0 Å². The average molecular weight is 462 g/mol. The van der Waals surface area contributed by atoms with Crippen LogP contribution in [0.4, 0.5) is 0 Å². The molecule has 1 aliphatic carbocycles. The monoisotopic (exact) mass is 461 g/mol. The van der Waals surface area contributed by atoms with Crippen molar-refractivity contribution in [2.75, 3.05) is 14.2 Å². The Morgan fingerprint density at radius 1 is 0.800 bits per heavy atom. The second kappa shape index (κ2) is 12.2. The number of rotatable bonds is 6. The van der Waals surface area contributed by atoms with Crippen LogP contribution in [-0.2, 0) is 17.1 Å². The molecule has 2 aromatic rings. The third kappa shape index (κ3) is 5.98. The van der Waals surface area contributed by atoms with Gasteiger partial charge in [0, 0.05) is 12.4 Å². The minimum Gasteiger partial charge on any atom is -0.870 e. The van der Waals surface area contributed by atoms with Crippen LogP contribution in [0, 0.1) is 0 Å². The molecule has 165 valence electrons. The second-order valence-corrected chi connectivity index (χ2v) is 6.73. The molecule has 0 unspecified atom stereocenters. The van der Waals surface area contributed by atoms with E-state index < -0.39 is 0 Å². The Morgan fingerprint density at radius 3 is 1.57 bits per heavy atom. The number of methoxy groups -OCH3 is 2. The van der Waals surface area contributed by atoms with Gasteiger partial charge in [0.1, 0.15) is 11.5 Å². The van der Waals surface area contributed by atoms with E-state index in [1.54, 1.807) is 48.8 Å².